The molecule has 0 aromatic heterocycles. The standard InChI is InChI=1S/C17H13NO4/c1-2-18-14-12(17(21)22)8-7-11-13(14)16(20)10-6-4-3-5-9(10)15(11)19/h3-8,18H,2H2,1H3,(H,21,22)/p-1. The molecule has 0 atom stereocenters. The zero-order chi connectivity index (χ0) is 15.9. The van der Waals surface area contributed by atoms with Crippen LogP contribution in [0, 0.1) is 0 Å². The minimum Gasteiger partial charge on any atom is -0.545 e. The van der Waals surface area contributed by atoms with Gasteiger partial charge in [0.25, 0.3) is 0 Å². The number of fused-ring (bicyclic) bond motifs is 2. The summed E-state index contributed by atoms with van der Waals surface area (Å²) in [6.07, 6.45) is 0. The largest absolute Gasteiger partial charge is 0.545 e. The van der Waals surface area contributed by atoms with Crippen LogP contribution in [-0.4, -0.2) is 24.1 Å². The Morgan fingerprint density at radius 2 is 1.64 bits per heavy atom. The summed E-state index contributed by atoms with van der Waals surface area (Å²) >= 11 is 0. The van der Waals surface area contributed by atoms with E-state index < -0.39 is 5.97 Å². The first-order valence-electron chi connectivity index (χ1n) is 6.87. The molecule has 0 unspecified atom stereocenters. The molecule has 1 aliphatic rings. The number of ketones is 2. The normalized spacial score (nSPS) is 12.6. The van der Waals surface area contributed by atoms with Crippen molar-refractivity contribution in [3.05, 3.63) is 64.2 Å². The Morgan fingerprint density at radius 1 is 1.00 bits per heavy atom. The number of carboxylic acids is 1. The number of nitrogens with one attached hydrogen (secondary N) is 1. The maximum absolute atomic E-state index is 12.7. The topological polar surface area (TPSA) is 86.3 Å². The predicted octanol–water partition coefficient (Wildman–Crippen LogP) is 1.26. The molecule has 0 fully saturated rings. The Morgan fingerprint density at radius 3 is 2.23 bits per heavy atom. The van der Waals surface area contributed by atoms with Crippen molar-refractivity contribution in [1.29, 1.82) is 0 Å². The van der Waals surface area contributed by atoms with E-state index in [0.29, 0.717) is 12.1 Å². The lowest BCUT2D eigenvalue weighted by atomic mass is 9.82. The van der Waals surface area contributed by atoms with Gasteiger partial charge in [0.05, 0.1) is 17.2 Å². The minimum absolute atomic E-state index is 0.104. The molecule has 1 N–H and O–H groups in total. The first kappa shape index (κ1) is 14.0. The second-order valence-corrected chi connectivity index (χ2v) is 4.93. The van der Waals surface area contributed by atoms with E-state index in [1.54, 1.807) is 31.2 Å². The smallest absolute Gasteiger partial charge is 0.196 e. The van der Waals surface area contributed by atoms with Crippen LogP contribution in [0.4, 0.5) is 5.69 Å². The van der Waals surface area contributed by atoms with Crippen LogP contribution >= 0.6 is 0 Å². The highest BCUT2D eigenvalue weighted by Gasteiger charge is 2.32. The molecule has 0 aliphatic heterocycles. The summed E-state index contributed by atoms with van der Waals surface area (Å²) in [5.74, 6) is -2.03. The SMILES string of the molecule is CCNc1c(C(=O)[O-])ccc2c1C(=O)c1ccccc1C2=O. The zero-order valence-corrected chi connectivity index (χ0v) is 11.8. The van der Waals surface area contributed by atoms with Crippen molar-refractivity contribution in [3.63, 3.8) is 0 Å². The van der Waals surface area contributed by atoms with E-state index in [-0.39, 0.29) is 39.5 Å². The summed E-state index contributed by atoms with van der Waals surface area (Å²) in [5.41, 5.74) is 0.962. The third-order valence-corrected chi connectivity index (χ3v) is 3.67. The van der Waals surface area contributed by atoms with Crippen molar-refractivity contribution in [3.8, 4) is 0 Å². The Balaban J connectivity index is 2.33. The molecule has 0 saturated heterocycles. The average Bonchev–Trinajstić information content (AvgIpc) is 2.52. The third-order valence-electron chi connectivity index (χ3n) is 3.67. The molecule has 0 spiro atoms. The van der Waals surface area contributed by atoms with E-state index in [1.807, 2.05) is 0 Å². The van der Waals surface area contributed by atoms with Gasteiger partial charge in [-0.05, 0) is 13.0 Å². The fourth-order valence-electron chi connectivity index (χ4n) is 2.72. The number of anilines is 1. The highest BCUT2D eigenvalue weighted by atomic mass is 16.4. The van der Waals surface area contributed by atoms with Gasteiger partial charge in [-0.15, -0.1) is 0 Å². The van der Waals surface area contributed by atoms with Crippen molar-refractivity contribution in [2.75, 3.05) is 11.9 Å². The minimum atomic E-state index is -1.39. The van der Waals surface area contributed by atoms with Crippen LogP contribution in [0.2, 0.25) is 0 Å². The fraction of sp³-hybridized carbons (Fsp3) is 0.118. The summed E-state index contributed by atoms with van der Waals surface area (Å²) in [6, 6.07) is 9.20. The molecule has 3 rings (SSSR count). The van der Waals surface area contributed by atoms with Crippen molar-refractivity contribution in [1.82, 2.24) is 0 Å². The number of carbonyl (C=O) groups is 3. The molecule has 110 valence electrons. The molecule has 2 aromatic rings. The van der Waals surface area contributed by atoms with E-state index in [1.165, 1.54) is 12.1 Å². The van der Waals surface area contributed by atoms with Gasteiger partial charge in [0, 0.05) is 28.8 Å². The van der Waals surface area contributed by atoms with Gasteiger partial charge in [0.15, 0.2) is 11.6 Å². The van der Waals surface area contributed by atoms with Crippen LogP contribution < -0.4 is 10.4 Å². The third kappa shape index (κ3) is 1.90. The van der Waals surface area contributed by atoms with E-state index in [2.05, 4.69) is 5.32 Å². The number of hydrogen-bond acceptors (Lipinski definition) is 5. The zero-order valence-electron chi connectivity index (χ0n) is 11.8. The second kappa shape index (κ2) is 5.11. The average molecular weight is 294 g/mol. The second-order valence-electron chi connectivity index (χ2n) is 4.93. The molecule has 2 aromatic carbocycles. The highest BCUT2D eigenvalue weighted by molar-refractivity contribution is 6.30. The van der Waals surface area contributed by atoms with Gasteiger partial charge < -0.3 is 15.2 Å². The van der Waals surface area contributed by atoms with Crippen molar-refractivity contribution in [2.24, 2.45) is 0 Å². The maximum Gasteiger partial charge on any atom is 0.196 e. The quantitative estimate of drug-likeness (QED) is 0.786. The van der Waals surface area contributed by atoms with Crippen LogP contribution in [0.25, 0.3) is 0 Å². The fourth-order valence-corrected chi connectivity index (χ4v) is 2.72. The summed E-state index contributed by atoms with van der Waals surface area (Å²) in [5, 5.41) is 14.1. The Kier molecular flexibility index (Phi) is 3.25. The highest BCUT2D eigenvalue weighted by Crippen LogP contribution is 2.34. The molecular formula is C17H12NO4-. The molecule has 1 aliphatic carbocycles. The molecule has 5 nitrogen and oxygen atoms in total. The van der Waals surface area contributed by atoms with Crippen LogP contribution in [0.1, 0.15) is 49.1 Å². The van der Waals surface area contributed by atoms with E-state index in [4.69, 9.17) is 0 Å². The maximum atomic E-state index is 12.7. The van der Waals surface area contributed by atoms with Crippen LogP contribution in [0.15, 0.2) is 36.4 Å². The lowest BCUT2D eigenvalue weighted by Crippen LogP contribution is -2.28. The van der Waals surface area contributed by atoms with Crippen molar-refractivity contribution >= 4 is 23.2 Å². The number of benzene rings is 2. The van der Waals surface area contributed by atoms with Gasteiger partial charge in [-0.2, -0.15) is 0 Å². The molecule has 0 heterocycles. The summed E-state index contributed by atoms with van der Waals surface area (Å²) in [4.78, 5) is 36.5. The van der Waals surface area contributed by atoms with Crippen LogP contribution in [0.5, 0.6) is 0 Å². The number of rotatable bonds is 3. The molecule has 0 saturated carbocycles. The lowest BCUT2D eigenvalue weighted by Gasteiger charge is -2.23. The van der Waals surface area contributed by atoms with Gasteiger partial charge >= 0.3 is 0 Å². The summed E-state index contributed by atoms with van der Waals surface area (Å²) in [7, 11) is 0. The van der Waals surface area contributed by atoms with E-state index in [9.17, 15) is 19.5 Å². The van der Waals surface area contributed by atoms with E-state index in [0.717, 1.165) is 0 Å². The van der Waals surface area contributed by atoms with Gasteiger partial charge in [0.2, 0.25) is 0 Å². The van der Waals surface area contributed by atoms with Gasteiger partial charge in [-0.1, -0.05) is 30.3 Å². The van der Waals surface area contributed by atoms with Gasteiger partial charge in [-0.25, -0.2) is 0 Å². The first-order chi connectivity index (χ1) is 10.6. The van der Waals surface area contributed by atoms with Gasteiger partial charge in [0.1, 0.15) is 0 Å². The van der Waals surface area contributed by atoms with Crippen LogP contribution in [0.3, 0.4) is 0 Å². The number of carbonyl (C=O) groups excluding carboxylic acids is 3. The predicted molar refractivity (Wildman–Crippen MR) is 78.2 cm³/mol. The molecule has 0 radical (unpaired) electrons. The lowest BCUT2D eigenvalue weighted by molar-refractivity contribution is -0.254. The molecule has 5 heteroatoms. The van der Waals surface area contributed by atoms with Crippen LogP contribution in [-0.2, 0) is 0 Å². The number of hydrogen-bond donors (Lipinski definition) is 1. The van der Waals surface area contributed by atoms with E-state index >= 15 is 0 Å². The monoisotopic (exact) mass is 294 g/mol. The Bertz CT molecular complexity index is 823. The summed E-state index contributed by atoms with van der Waals surface area (Å²) in [6.45, 7) is 2.20. The van der Waals surface area contributed by atoms with Crippen molar-refractivity contribution < 1.29 is 19.5 Å². The number of carboxylic acid groups (broad SMARTS) is 1. The van der Waals surface area contributed by atoms with Crippen molar-refractivity contribution in [2.45, 2.75) is 6.92 Å². The summed E-state index contributed by atoms with van der Waals surface area (Å²) < 4.78 is 0. The Labute approximate surface area is 126 Å². The first-order valence-corrected chi connectivity index (χ1v) is 6.87. The molecular weight excluding hydrogens is 282 g/mol. The van der Waals surface area contributed by atoms with Gasteiger partial charge in [-0.3, -0.25) is 9.59 Å². The molecule has 0 bridgehead atoms. The molecule has 22 heavy (non-hydrogen) atoms. The number of aromatic carboxylic acids is 1. The Hall–Kier alpha value is -2.95. The molecule has 0 amide bonds.